The molecule has 1 aromatic heterocycles. The number of aromatic nitrogens is 1. The van der Waals surface area contributed by atoms with Crippen molar-refractivity contribution < 1.29 is 14.4 Å². The van der Waals surface area contributed by atoms with E-state index in [4.69, 9.17) is 21.3 Å². The van der Waals surface area contributed by atoms with Gasteiger partial charge in [0.2, 0.25) is 0 Å². The Balaban J connectivity index is 1.66. The number of nitrogens with one attached hydrogen (secondary N) is 1. The first-order chi connectivity index (χ1) is 13.6. The normalized spacial score (nSPS) is 15.1. The molecule has 1 saturated heterocycles. The van der Waals surface area contributed by atoms with Gasteiger partial charge >= 0.3 is 0 Å². The van der Waals surface area contributed by atoms with Crippen molar-refractivity contribution in [2.45, 2.75) is 6.92 Å². The standard InChI is InChI=1S/C21H22ClN3O2S/c1-15-7-8-17(22)19-18(15)23-21(28-19)25(10-9-24-11-13-27-14-12-24)20(26)16-5-3-2-4-6-16/h2-8H,9-14H2,1H3/p+1. The van der Waals surface area contributed by atoms with Gasteiger partial charge in [0, 0.05) is 5.56 Å². The van der Waals surface area contributed by atoms with E-state index < -0.39 is 0 Å². The van der Waals surface area contributed by atoms with Crippen LogP contribution in [0, 0.1) is 6.92 Å². The minimum absolute atomic E-state index is 0.0268. The summed E-state index contributed by atoms with van der Waals surface area (Å²) in [6.07, 6.45) is 0. The highest BCUT2D eigenvalue weighted by atomic mass is 35.5. The van der Waals surface area contributed by atoms with E-state index in [1.807, 2.05) is 49.4 Å². The first kappa shape index (κ1) is 19.3. The van der Waals surface area contributed by atoms with Gasteiger partial charge in [-0.25, -0.2) is 4.98 Å². The zero-order chi connectivity index (χ0) is 19.5. The molecule has 4 rings (SSSR count). The molecule has 0 saturated carbocycles. The fourth-order valence-electron chi connectivity index (χ4n) is 3.41. The lowest BCUT2D eigenvalue weighted by molar-refractivity contribution is -0.906. The number of hydrogen-bond acceptors (Lipinski definition) is 4. The maximum Gasteiger partial charge on any atom is 0.260 e. The Kier molecular flexibility index (Phi) is 5.92. The molecule has 0 unspecified atom stereocenters. The number of ether oxygens (including phenoxy) is 1. The van der Waals surface area contributed by atoms with Crippen molar-refractivity contribution >= 4 is 44.2 Å². The molecule has 0 radical (unpaired) electrons. The number of quaternary nitrogens is 1. The van der Waals surface area contributed by atoms with Gasteiger partial charge in [-0.3, -0.25) is 9.69 Å². The van der Waals surface area contributed by atoms with Crippen LogP contribution < -0.4 is 9.80 Å². The van der Waals surface area contributed by atoms with Crippen LogP contribution in [0.3, 0.4) is 0 Å². The molecule has 7 heteroatoms. The van der Waals surface area contributed by atoms with Gasteiger partial charge in [0.25, 0.3) is 5.91 Å². The van der Waals surface area contributed by atoms with Crippen molar-refractivity contribution in [3.8, 4) is 0 Å². The van der Waals surface area contributed by atoms with Gasteiger partial charge in [-0.1, -0.05) is 47.2 Å². The van der Waals surface area contributed by atoms with Crippen molar-refractivity contribution in [2.24, 2.45) is 0 Å². The van der Waals surface area contributed by atoms with Crippen LogP contribution in [0.5, 0.6) is 0 Å². The Bertz CT molecular complexity index is 931. The summed E-state index contributed by atoms with van der Waals surface area (Å²) in [5.41, 5.74) is 2.60. The summed E-state index contributed by atoms with van der Waals surface area (Å²) < 4.78 is 6.38. The van der Waals surface area contributed by atoms with Gasteiger partial charge in [-0.05, 0) is 30.7 Å². The summed E-state index contributed by atoms with van der Waals surface area (Å²) in [6, 6.07) is 13.2. The van der Waals surface area contributed by atoms with Crippen LogP contribution in [0.25, 0.3) is 10.2 Å². The third-order valence-corrected chi connectivity index (χ3v) is 6.61. The van der Waals surface area contributed by atoms with Crippen LogP contribution in [-0.4, -0.2) is 50.3 Å². The van der Waals surface area contributed by atoms with Crippen molar-refractivity contribution in [1.29, 1.82) is 0 Å². The summed E-state index contributed by atoms with van der Waals surface area (Å²) in [5.74, 6) is -0.0268. The molecule has 0 bridgehead atoms. The second kappa shape index (κ2) is 8.57. The molecule has 0 aliphatic carbocycles. The first-order valence-electron chi connectivity index (χ1n) is 9.47. The molecular formula is C21H23ClN3O2S+. The number of fused-ring (bicyclic) bond motifs is 1. The molecule has 1 amide bonds. The predicted octanol–water partition coefficient (Wildman–Crippen LogP) is 2.82. The number of anilines is 1. The number of nitrogens with zero attached hydrogens (tertiary/aromatic N) is 2. The number of halogens is 1. The molecule has 28 heavy (non-hydrogen) atoms. The lowest BCUT2D eigenvalue weighted by Gasteiger charge is -2.26. The summed E-state index contributed by atoms with van der Waals surface area (Å²) in [7, 11) is 0. The first-order valence-corrected chi connectivity index (χ1v) is 10.7. The van der Waals surface area contributed by atoms with Crippen LogP contribution in [0.1, 0.15) is 15.9 Å². The molecule has 1 fully saturated rings. The molecule has 0 atom stereocenters. The molecule has 1 N–H and O–H groups in total. The molecule has 2 aromatic carbocycles. The zero-order valence-electron chi connectivity index (χ0n) is 15.8. The lowest BCUT2D eigenvalue weighted by Crippen LogP contribution is -3.14. The highest BCUT2D eigenvalue weighted by Crippen LogP contribution is 2.35. The Labute approximate surface area is 173 Å². The second-order valence-corrected chi connectivity index (χ2v) is 8.36. The Hall–Kier alpha value is -1.99. The number of morpholine rings is 1. The quantitative estimate of drug-likeness (QED) is 0.695. The van der Waals surface area contributed by atoms with E-state index in [9.17, 15) is 4.79 Å². The highest BCUT2D eigenvalue weighted by Gasteiger charge is 2.24. The van der Waals surface area contributed by atoms with Crippen LogP contribution in [0.2, 0.25) is 5.02 Å². The largest absolute Gasteiger partial charge is 0.370 e. The number of benzene rings is 2. The van der Waals surface area contributed by atoms with Crippen LogP contribution in [-0.2, 0) is 4.74 Å². The average Bonchev–Trinajstić information content (AvgIpc) is 3.19. The topological polar surface area (TPSA) is 46.9 Å². The molecule has 1 aliphatic heterocycles. The van der Waals surface area contributed by atoms with E-state index in [1.165, 1.54) is 16.2 Å². The number of carbonyl (C=O) groups is 1. The Morgan fingerprint density at radius 2 is 1.96 bits per heavy atom. The summed E-state index contributed by atoms with van der Waals surface area (Å²) >= 11 is 7.88. The van der Waals surface area contributed by atoms with Crippen LogP contribution in [0.4, 0.5) is 5.13 Å². The summed E-state index contributed by atoms with van der Waals surface area (Å²) in [6.45, 7) is 6.99. The van der Waals surface area contributed by atoms with E-state index in [2.05, 4.69) is 0 Å². The molecule has 2 heterocycles. The van der Waals surface area contributed by atoms with E-state index in [1.54, 1.807) is 4.90 Å². The van der Waals surface area contributed by atoms with Gasteiger partial charge < -0.3 is 9.64 Å². The SMILES string of the molecule is Cc1ccc(Cl)c2sc(N(CC[NH+]3CCOCC3)C(=O)c3ccccc3)nc12. The fraction of sp³-hybridized carbons (Fsp3) is 0.333. The van der Waals surface area contributed by atoms with Gasteiger partial charge in [-0.15, -0.1) is 0 Å². The lowest BCUT2D eigenvalue weighted by atomic mass is 10.2. The molecule has 1 aliphatic rings. The summed E-state index contributed by atoms with van der Waals surface area (Å²) in [4.78, 5) is 21.3. The number of carbonyl (C=O) groups excluding carboxylic acids is 1. The number of aryl methyl sites for hydroxylation is 1. The maximum absolute atomic E-state index is 13.3. The summed E-state index contributed by atoms with van der Waals surface area (Å²) in [5, 5.41) is 1.38. The highest BCUT2D eigenvalue weighted by molar-refractivity contribution is 7.23. The Morgan fingerprint density at radius 1 is 1.21 bits per heavy atom. The number of amides is 1. The van der Waals surface area contributed by atoms with Crippen molar-refractivity contribution in [3.05, 3.63) is 58.6 Å². The fourth-order valence-corrected chi connectivity index (χ4v) is 4.75. The molecule has 0 spiro atoms. The monoisotopic (exact) mass is 416 g/mol. The van der Waals surface area contributed by atoms with Gasteiger partial charge in [0.15, 0.2) is 5.13 Å². The maximum atomic E-state index is 13.3. The number of rotatable bonds is 5. The zero-order valence-corrected chi connectivity index (χ0v) is 17.4. The Morgan fingerprint density at radius 3 is 2.68 bits per heavy atom. The second-order valence-electron chi connectivity index (χ2n) is 6.97. The minimum atomic E-state index is -0.0268. The van der Waals surface area contributed by atoms with Gasteiger partial charge in [0.05, 0.1) is 41.5 Å². The van der Waals surface area contributed by atoms with E-state index in [0.29, 0.717) is 22.3 Å². The van der Waals surface area contributed by atoms with Crippen LogP contribution in [0.15, 0.2) is 42.5 Å². The van der Waals surface area contributed by atoms with Crippen molar-refractivity contribution in [1.82, 2.24) is 4.98 Å². The third-order valence-electron chi connectivity index (χ3n) is 5.07. The van der Waals surface area contributed by atoms with E-state index in [0.717, 1.165) is 48.6 Å². The van der Waals surface area contributed by atoms with Crippen molar-refractivity contribution in [3.63, 3.8) is 0 Å². The third kappa shape index (κ3) is 4.05. The van der Waals surface area contributed by atoms with E-state index in [-0.39, 0.29) is 5.91 Å². The molecule has 5 nitrogen and oxygen atoms in total. The van der Waals surface area contributed by atoms with Gasteiger partial charge in [-0.2, -0.15) is 0 Å². The van der Waals surface area contributed by atoms with Crippen molar-refractivity contribution in [2.75, 3.05) is 44.3 Å². The smallest absolute Gasteiger partial charge is 0.260 e. The number of hydrogen-bond donors (Lipinski definition) is 1. The van der Waals surface area contributed by atoms with Gasteiger partial charge in [0.1, 0.15) is 13.1 Å². The molecule has 146 valence electrons. The molecule has 3 aromatic rings. The number of thiazole rings is 1. The minimum Gasteiger partial charge on any atom is -0.370 e. The average molecular weight is 417 g/mol. The van der Waals surface area contributed by atoms with E-state index >= 15 is 0 Å². The predicted molar refractivity (Wildman–Crippen MR) is 114 cm³/mol. The molecular weight excluding hydrogens is 394 g/mol. The van der Waals surface area contributed by atoms with Crippen LogP contribution >= 0.6 is 22.9 Å².